The van der Waals surface area contributed by atoms with Crippen LogP contribution in [-0.2, 0) is 26.2 Å². The van der Waals surface area contributed by atoms with Crippen LogP contribution in [0.1, 0.15) is 49.4 Å². The Balaban J connectivity index is 2.13. The van der Waals surface area contributed by atoms with Gasteiger partial charge in [-0.25, -0.2) is 8.42 Å². The Morgan fingerprint density at radius 1 is 0.951 bits per heavy atom. The van der Waals surface area contributed by atoms with E-state index < -0.39 is 28.5 Å². The number of carbonyl (C=O) groups is 2. The second kappa shape index (κ2) is 13.7. The quantitative estimate of drug-likeness (QED) is 0.268. The Hall–Kier alpha value is -3.07. The summed E-state index contributed by atoms with van der Waals surface area (Å²) in [7, 11) is -4.16. The lowest BCUT2D eigenvalue weighted by Crippen LogP contribution is -2.53. The van der Waals surface area contributed by atoms with Crippen molar-refractivity contribution in [3.63, 3.8) is 0 Å². The maximum atomic E-state index is 14.2. The number of nitrogens with zero attached hydrogens (tertiary/aromatic N) is 2. The van der Waals surface area contributed by atoms with Crippen molar-refractivity contribution in [1.29, 1.82) is 0 Å². The zero-order valence-corrected chi connectivity index (χ0v) is 26.6. The minimum absolute atomic E-state index is 0.00984. The van der Waals surface area contributed by atoms with Crippen LogP contribution in [0.25, 0.3) is 0 Å². The number of nitrogens with one attached hydrogen (secondary N) is 1. The molecular weight excluding hydrogens is 581 g/mol. The largest absolute Gasteiger partial charge is 0.352 e. The van der Waals surface area contributed by atoms with Crippen LogP contribution in [0, 0.1) is 20.8 Å². The summed E-state index contributed by atoms with van der Waals surface area (Å²) >= 11 is 12.6. The van der Waals surface area contributed by atoms with Gasteiger partial charge in [-0.1, -0.05) is 66.0 Å². The van der Waals surface area contributed by atoms with Gasteiger partial charge >= 0.3 is 0 Å². The van der Waals surface area contributed by atoms with Gasteiger partial charge in [0.15, 0.2) is 0 Å². The van der Waals surface area contributed by atoms with Gasteiger partial charge in [0.2, 0.25) is 11.8 Å². The molecule has 0 bridgehead atoms. The van der Waals surface area contributed by atoms with Gasteiger partial charge in [0.25, 0.3) is 10.0 Å². The Kier molecular flexibility index (Phi) is 10.9. The van der Waals surface area contributed by atoms with Gasteiger partial charge < -0.3 is 10.2 Å². The molecule has 0 unspecified atom stereocenters. The molecule has 10 heteroatoms. The third-order valence-corrected chi connectivity index (χ3v) is 9.27. The van der Waals surface area contributed by atoms with E-state index in [2.05, 4.69) is 5.32 Å². The fourth-order valence-electron chi connectivity index (χ4n) is 4.49. The lowest BCUT2D eigenvalue weighted by molar-refractivity contribution is -0.140. The number of sulfonamides is 1. The Morgan fingerprint density at radius 3 is 2.20 bits per heavy atom. The molecule has 3 rings (SSSR count). The van der Waals surface area contributed by atoms with Crippen LogP contribution in [0.4, 0.5) is 5.69 Å². The summed E-state index contributed by atoms with van der Waals surface area (Å²) in [6.07, 6.45) is 0.309. The summed E-state index contributed by atoms with van der Waals surface area (Å²) in [5, 5.41) is 3.66. The number of benzene rings is 3. The molecule has 7 nitrogen and oxygen atoms in total. The van der Waals surface area contributed by atoms with E-state index in [0.717, 1.165) is 21.0 Å². The van der Waals surface area contributed by atoms with Crippen LogP contribution < -0.4 is 9.62 Å². The van der Waals surface area contributed by atoms with E-state index in [-0.39, 0.29) is 23.4 Å². The molecule has 0 spiro atoms. The third kappa shape index (κ3) is 7.82. The SMILES string of the molecule is CC[C@@H](C(=O)NC(C)C)N(Cc1ccc(Cl)cc1Cl)C(=O)CN(c1cccc(C)c1C)S(=O)(=O)c1ccc(C)cc1. The average Bonchev–Trinajstić information content (AvgIpc) is 2.90. The first-order chi connectivity index (χ1) is 19.3. The fourth-order valence-corrected chi connectivity index (χ4v) is 6.43. The van der Waals surface area contributed by atoms with Crippen molar-refractivity contribution in [2.45, 2.75) is 71.5 Å². The lowest BCUT2D eigenvalue weighted by Gasteiger charge is -2.34. The molecule has 220 valence electrons. The molecule has 1 atom stereocenters. The minimum Gasteiger partial charge on any atom is -0.352 e. The first-order valence-electron chi connectivity index (χ1n) is 13.5. The van der Waals surface area contributed by atoms with Crippen molar-refractivity contribution >= 4 is 50.7 Å². The van der Waals surface area contributed by atoms with Crippen LogP contribution in [0.15, 0.2) is 65.6 Å². The third-order valence-electron chi connectivity index (χ3n) is 6.91. The standard InChI is InChI=1S/C31H37Cl2N3O4S/c1-7-28(31(38)34-20(2)3)35(18-24-13-14-25(32)17-27(24)33)30(37)19-36(29-10-8-9-22(5)23(29)6)41(39,40)26-15-11-21(4)12-16-26/h8-17,20,28H,7,18-19H2,1-6H3,(H,34,38)/t28-/m0/s1. The van der Waals surface area contributed by atoms with Gasteiger partial charge in [0, 0.05) is 22.6 Å². The zero-order chi connectivity index (χ0) is 30.5. The highest BCUT2D eigenvalue weighted by Crippen LogP contribution is 2.30. The van der Waals surface area contributed by atoms with Crippen LogP contribution in [0.3, 0.4) is 0 Å². The van der Waals surface area contributed by atoms with Crippen LogP contribution in [0.2, 0.25) is 10.0 Å². The molecule has 0 fully saturated rings. The molecule has 0 radical (unpaired) electrons. The first-order valence-corrected chi connectivity index (χ1v) is 15.6. The average molecular weight is 619 g/mol. The van der Waals surface area contributed by atoms with E-state index in [0.29, 0.717) is 27.7 Å². The predicted molar refractivity (Wildman–Crippen MR) is 166 cm³/mol. The molecule has 1 N–H and O–H groups in total. The fraction of sp³-hybridized carbons (Fsp3) is 0.355. The van der Waals surface area contributed by atoms with Gasteiger partial charge in [-0.2, -0.15) is 0 Å². The topological polar surface area (TPSA) is 86.8 Å². The number of aryl methyl sites for hydroxylation is 2. The van der Waals surface area contributed by atoms with E-state index in [1.165, 1.54) is 17.0 Å². The molecule has 0 aliphatic rings. The van der Waals surface area contributed by atoms with Gasteiger partial charge in [-0.3, -0.25) is 13.9 Å². The first kappa shape index (κ1) is 32.4. The second-order valence-electron chi connectivity index (χ2n) is 10.4. The Bertz CT molecular complexity index is 1510. The molecule has 41 heavy (non-hydrogen) atoms. The molecule has 0 heterocycles. The van der Waals surface area contributed by atoms with E-state index in [1.54, 1.807) is 49.4 Å². The number of halogens is 2. The van der Waals surface area contributed by atoms with E-state index in [4.69, 9.17) is 23.2 Å². The number of carbonyl (C=O) groups excluding carboxylic acids is 2. The smallest absolute Gasteiger partial charge is 0.264 e. The summed E-state index contributed by atoms with van der Waals surface area (Å²) in [6, 6.07) is 15.7. The Morgan fingerprint density at radius 2 is 1.61 bits per heavy atom. The van der Waals surface area contributed by atoms with Gasteiger partial charge in [0.05, 0.1) is 10.6 Å². The molecule has 0 saturated carbocycles. The van der Waals surface area contributed by atoms with Crippen molar-refractivity contribution in [3.05, 3.63) is 93.0 Å². The van der Waals surface area contributed by atoms with Gasteiger partial charge in [-0.05, 0) is 88.1 Å². The highest BCUT2D eigenvalue weighted by atomic mass is 35.5. The molecule has 3 aromatic carbocycles. The number of anilines is 1. The maximum Gasteiger partial charge on any atom is 0.264 e. The number of rotatable bonds is 11. The zero-order valence-electron chi connectivity index (χ0n) is 24.2. The molecule has 0 aliphatic heterocycles. The van der Waals surface area contributed by atoms with E-state index >= 15 is 0 Å². The van der Waals surface area contributed by atoms with E-state index in [1.807, 2.05) is 40.7 Å². The van der Waals surface area contributed by atoms with Crippen LogP contribution >= 0.6 is 23.2 Å². The van der Waals surface area contributed by atoms with Crippen LogP contribution in [0.5, 0.6) is 0 Å². The monoisotopic (exact) mass is 617 g/mol. The van der Waals surface area contributed by atoms with Crippen molar-refractivity contribution < 1.29 is 18.0 Å². The number of hydrogen-bond donors (Lipinski definition) is 1. The summed E-state index contributed by atoms with van der Waals surface area (Å²) in [4.78, 5) is 28.9. The molecule has 3 aromatic rings. The maximum absolute atomic E-state index is 14.2. The van der Waals surface area contributed by atoms with E-state index in [9.17, 15) is 18.0 Å². The van der Waals surface area contributed by atoms with Crippen LogP contribution in [-0.4, -0.2) is 43.8 Å². The van der Waals surface area contributed by atoms with Crippen molar-refractivity contribution in [3.8, 4) is 0 Å². The molecule has 0 aliphatic carbocycles. The van der Waals surface area contributed by atoms with Gasteiger partial charge in [0.1, 0.15) is 12.6 Å². The predicted octanol–water partition coefficient (Wildman–Crippen LogP) is 6.45. The molecular formula is C31H37Cl2N3O4S. The second-order valence-corrected chi connectivity index (χ2v) is 13.1. The molecule has 2 amide bonds. The van der Waals surface area contributed by atoms with Crippen molar-refractivity contribution in [1.82, 2.24) is 10.2 Å². The highest BCUT2D eigenvalue weighted by Gasteiger charge is 2.34. The molecule has 0 saturated heterocycles. The summed E-state index contributed by atoms with van der Waals surface area (Å²) in [6.45, 7) is 10.5. The lowest BCUT2D eigenvalue weighted by atomic mass is 10.1. The molecule has 0 aromatic heterocycles. The normalized spacial score (nSPS) is 12.2. The minimum atomic E-state index is -4.16. The summed E-state index contributed by atoms with van der Waals surface area (Å²) in [5.41, 5.74) is 3.49. The summed E-state index contributed by atoms with van der Waals surface area (Å²) in [5.74, 6) is -0.876. The number of amides is 2. The Labute approximate surface area is 253 Å². The summed E-state index contributed by atoms with van der Waals surface area (Å²) < 4.78 is 29.3. The number of hydrogen-bond acceptors (Lipinski definition) is 4. The van der Waals surface area contributed by atoms with Gasteiger partial charge in [-0.15, -0.1) is 0 Å². The van der Waals surface area contributed by atoms with Crippen molar-refractivity contribution in [2.24, 2.45) is 0 Å². The van der Waals surface area contributed by atoms with Crippen molar-refractivity contribution in [2.75, 3.05) is 10.8 Å². The highest BCUT2D eigenvalue weighted by molar-refractivity contribution is 7.92.